The van der Waals surface area contributed by atoms with Crippen LogP contribution in [0.25, 0.3) is 16.8 Å². The van der Waals surface area contributed by atoms with Gasteiger partial charge in [-0.15, -0.1) is 0 Å². The van der Waals surface area contributed by atoms with Crippen LogP contribution in [0.5, 0.6) is 17.2 Å². The predicted octanol–water partition coefficient (Wildman–Crippen LogP) is 5.19. The van der Waals surface area contributed by atoms with Crippen LogP contribution >= 0.6 is 0 Å². The van der Waals surface area contributed by atoms with Crippen molar-refractivity contribution in [3.8, 4) is 28.5 Å². The molecule has 1 amide bonds. The lowest BCUT2D eigenvalue weighted by molar-refractivity contribution is -0.127. The Hall–Kier alpha value is -4.20. The third-order valence-electron chi connectivity index (χ3n) is 5.99. The average Bonchev–Trinajstić information content (AvgIpc) is 3.50. The number of imidazole rings is 1. The minimum absolute atomic E-state index is 0.0826. The minimum atomic E-state index is -0.555. The number of methoxy groups -OCH3 is 1. The van der Waals surface area contributed by atoms with Crippen LogP contribution in [-0.2, 0) is 4.79 Å². The molecule has 4 aromatic rings. The van der Waals surface area contributed by atoms with Gasteiger partial charge >= 0.3 is 0 Å². The van der Waals surface area contributed by atoms with Gasteiger partial charge < -0.3 is 14.4 Å². The van der Waals surface area contributed by atoms with Crippen molar-refractivity contribution in [3.63, 3.8) is 0 Å². The van der Waals surface area contributed by atoms with Crippen LogP contribution < -0.4 is 9.47 Å². The fourth-order valence-corrected chi connectivity index (χ4v) is 4.36. The number of fused-ring (bicyclic) bond motifs is 1. The van der Waals surface area contributed by atoms with Crippen LogP contribution in [0.3, 0.4) is 0 Å². The van der Waals surface area contributed by atoms with Crippen LogP contribution in [0.4, 0.5) is 4.39 Å². The summed E-state index contributed by atoms with van der Waals surface area (Å²) in [6, 6.07) is 11.9. The zero-order valence-corrected chi connectivity index (χ0v) is 18.6. The Kier molecular flexibility index (Phi) is 5.71. The molecule has 0 unspecified atom stereocenters. The molecule has 34 heavy (non-hydrogen) atoms. The molecule has 2 aromatic heterocycles. The second kappa shape index (κ2) is 8.97. The highest BCUT2D eigenvalue weighted by Crippen LogP contribution is 2.36. The fraction of sp³-hybridized carbons (Fsp3) is 0.192. The lowest BCUT2D eigenvalue weighted by Crippen LogP contribution is -2.29. The molecule has 5 rings (SSSR count). The molecule has 0 radical (unpaired) electrons. The van der Waals surface area contributed by atoms with E-state index in [0.717, 1.165) is 35.4 Å². The molecule has 1 fully saturated rings. The fourth-order valence-electron chi connectivity index (χ4n) is 4.36. The third kappa shape index (κ3) is 3.77. The van der Waals surface area contributed by atoms with Gasteiger partial charge in [-0.25, -0.2) is 4.98 Å². The van der Waals surface area contributed by atoms with Crippen molar-refractivity contribution >= 4 is 11.4 Å². The largest absolute Gasteiger partial charge is 0.494 e. The highest BCUT2D eigenvalue weighted by Gasteiger charge is 2.32. The van der Waals surface area contributed by atoms with Gasteiger partial charge in [0.1, 0.15) is 11.6 Å². The van der Waals surface area contributed by atoms with Crippen LogP contribution in [-0.4, -0.2) is 38.8 Å². The Morgan fingerprint density at radius 3 is 2.76 bits per heavy atom. The van der Waals surface area contributed by atoms with Crippen LogP contribution in [0.2, 0.25) is 0 Å². The molecule has 0 saturated carbocycles. The Balaban J connectivity index is 1.48. The number of rotatable bonds is 6. The first-order valence-electron chi connectivity index (χ1n) is 11.0. The summed E-state index contributed by atoms with van der Waals surface area (Å²) in [7, 11) is 1.41. The lowest BCUT2D eigenvalue weighted by Gasteiger charge is -2.22. The highest BCUT2D eigenvalue weighted by atomic mass is 19.1. The molecule has 8 heteroatoms. The van der Waals surface area contributed by atoms with E-state index in [1.807, 2.05) is 27.6 Å². The van der Waals surface area contributed by atoms with E-state index in [9.17, 15) is 9.18 Å². The number of nitrogens with zero attached hydrogens (tertiary/aromatic N) is 4. The second-order valence-corrected chi connectivity index (χ2v) is 7.94. The van der Waals surface area contributed by atoms with Crippen molar-refractivity contribution in [2.75, 3.05) is 13.7 Å². The number of aromatic nitrogens is 3. The Morgan fingerprint density at radius 2 is 2.00 bits per heavy atom. The number of amides is 1. The summed E-state index contributed by atoms with van der Waals surface area (Å²) in [5, 5.41) is 0. The van der Waals surface area contributed by atoms with Gasteiger partial charge in [-0.3, -0.25) is 14.2 Å². The normalized spacial score (nSPS) is 15.5. The first-order chi connectivity index (χ1) is 16.6. The molecule has 0 bridgehead atoms. The smallest absolute Gasteiger partial charge is 0.246 e. The topological polar surface area (TPSA) is 69.0 Å². The number of carbonyl (C=O) groups is 1. The molecular weight excluding hydrogens is 435 g/mol. The first-order valence-corrected chi connectivity index (χ1v) is 11.0. The quantitative estimate of drug-likeness (QED) is 0.372. The summed E-state index contributed by atoms with van der Waals surface area (Å²) in [5.41, 5.74) is 2.44. The third-order valence-corrected chi connectivity index (χ3v) is 5.99. The Bertz CT molecular complexity index is 1370. The number of hydrogen-bond donors (Lipinski definition) is 0. The summed E-state index contributed by atoms with van der Waals surface area (Å²) in [4.78, 5) is 23.4. The molecule has 0 N–H and O–H groups in total. The molecular formula is C26H23FN4O3. The van der Waals surface area contributed by atoms with E-state index in [4.69, 9.17) is 14.5 Å². The average molecular weight is 458 g/mol. The van der Waals surface area contributed by atoms with E-state index < -0.39 is 5.82 Å². The number of halogens is 1. The zero-order chi connectivity index (χ0) is 23.7. The molecule has 1 aliphatic heterocycles. The van der Waals surface area contributed by atoms with Gasteiger partial charge in [-0.05, 0) is 55.3 Å². The van der Waals surface area contributed by atoms with Crippen molar-refractivity contribution in [2.45, 2.75) is 18.9 Å². The Labute approximate surface area is 196 Å². The number of hydrogen-bond acceptors (Lipinski definition) is 5. The maximum Gasteiger partial charge on any atom is 0.246 e. The summed E-state index contributed by atoms with van der Waals surface area (Å²) >= 11 is 0. The van der Waals surface area contributed by atoms with Gasteiger partial charge in [0.25, 0.3) is 0 Å². The van der Waals surface area contributed by atoms with E-state index in [-0.39, 0.29) is 23.4 Å². The molecule has 0 aliphatic carbocycles. The molecule has 3 heterocycles. The van der Waals surface area contributed by atoms with Gasteiger partial charge in [0.2, 0.25) is 11.7 Å². The molecule has 1 saturated heterocycles. The number of benzene rings is 2. The molecule has 2 aromatic carbocycles. The van der Waals surface area contributed by atoms with Gasteiger partial charge in [-0.1, -0.05) is 12.6 Å². The van der Waals surface area contributed by atoms with Crippen LogP contribution in [0.15, 0.2) is 73.7 Å². The number of ether oxygens (including phenoxy) is 2. The summed E-state index contributed by atoms with van der Waals surface area (Å²) in [6.45, 7) is 4.31. The van der Waals surface area contributed by atoms with Crippen LogP contribution in [0.1, 0.15) is 24.7 Å². The van der Waals surface area contributed by atoms with Crippen molar-refractivity contribution < 1.29 is 18.7 Å². The van der Waals surface area contributed by atoms with E-state index in [0.29, 0.717) is 12.3 Å². The minimum Gasteiger partial charge on any atom is -0.494 e. The van der Waals surface area contributed by atoms with Crippen molar-refractivity contribution in [1.82, 2.24) is 19.3 Å². The summed E-state index contributed by atoms with van der Waals surface area (Å²) in [6.07, 6.45) is 8.41. The van der Waals surface area contributed by atoms with Crippen molar-refractivity contribution in [2.24, 2.45) is 0 Å². The van der Waals surface area contributed by atoms with Gasteiger partial charge in [0.15, 0.2) is 11.5 Å². The van der Waals surface area contributed by atoms with Gasteiger partial charge in [0, 0.05) is 24.5 Å². The monoisotopic (exact) mass is 458 g/mol. The van der Waals surface area contributed by atoms with Crippen molar-refractivity contribution in [3.05, 3.63) is 85.4 Å². The van der Waals surface area contributed by atoms with E-state index in [1.165, 1.54) is 19.3 Å². The maximum absolute atomic E-state index is 14.4. The Morgan fingerprint density at radius 1 is 1.21 bits per heavy atom. The molecule has 172 valence electrons. The van der Waals surface area contributed by atoms with Gasteiger partial charge in [0.05, 0.1) is 30.6 Å². The number of likely N-dealkylation sites (tertiary alicyclic amines) is 1. The number of carbonyl (C=O) groups excluding carboxylic acids is 1. The SMILES string of the molecule is C=CC(=O)N1CCC[C@H]1c1nc(-c2ccc(Oc3cccc(OC)c3F)cc2)c2cnccn12. The predicted molar refractivity (Wildman–Crippen MR) is 125 cm³/mol. The lowest BCUT2D eigenvalue weighted by atomic mass is 10.1. The molecule has 1 aliphatic rings. The summed E-state index contributed by atoms with van der Waals surface area (Å²) in [5.74, 6) is 0.824. The van der Waals surface area contributed by atoms with Crippen molar-refractivity contribution in [1.29, 1.82) is 0 Å². The van der Waals surface area contributed by atoms with Gasteiger partial charge in [-0.2, -0.15) is 4.39 Å². The second-order valence-electron chi connectivity index (χ2n) is 7.94. The molecule has 7 nitrogen and oxygen atoms in total. The maximum atomic E-state index is 14.4. The van der Waals surface area contributed by atoms with E-state index in [2.05, 4.69) is 11.6 Å². The molecule has 1 atom stereocenters. The first kappa shape index (κ1) is 21.6. The molecule has 0 spiro atoms. The van der Waals surface area contributed by atoms with E-state index >= 15 is 0 Å². The zero-order valence-electron chi connectivity index (χ0n) is 18.6. The van der Waals surface area contributed by atoms with Crippen LogP contribution in [0, 0.1) is 5.82 Å². The standard InChI is InChI=1S/C26H23FN4O3/c1-3-23(32)30-14-5-6-19(30)26-29-25(20-16-28-13-15-31(20)26)17-9-11-18(12-10-17)34-22-8-4-7-21(33-2)24(22)27/h3-4,7-13,15-16,19H,1,5-6,14H2,2H3/t19-/m0/s1. The highest BCUT2D eigenvalue weighted by molar-refractivity contribution is 5.87. The van der Waals surface area contributed by atoms with E-state index in [1.54, 1.807) is 36.7 Å². The summed E-state index contributed by atoms with van der Waals surface area (Å²) < 4.78 is 27.2.